The van der Waals surface area contributed by atoms with Crippen LogP contribution in [0.1, 0.15) is 46.2 Å². The maximum Gasteiger partial charge on any atom is 0.320 e. The number of likely N-dealkylation sites (tertiary alicyclic amines) is 1. The van der Waals surface area contributed by atoms with Crippen molar-refractivity contribution >= 4 is 23.0 Å². The molecule has 0 radical (unpaired) electrons. The lowest BCUT2D eigenvalue weighted by atomic mass is 9.91. The Morgan fingerprint density at radius 3 is 2.62 bits per heavy atom. The summed E-state index contributed by atoms with van der Waals surface area (Å²) in [5.74, 6) is 0.783. The number of esters is 1. The topological polar surface area (TPSA) is 105 Å². The van der Waals surface area contributed by atoms with Crippen molar-refractivity contribution in [3.8, 4) is 0 Å². The Labute approximate surface area is 170 Å². The van der Waals surface area contributed by atoms with Crippen LogP contribution >= 0.6 is 0 Å². The molecule has 9 heteroatoms. The van der Waals surface area contributed by atoms with Gasteiger partial charge in [-0.25, -0.2) is 4.98 Å². The molecule has 3 heterocycles. The molecule has 0 saturated carbocycles. The molecular formula is C20H32N6O3. The van der Waals surface area contributed by atoms with E-state index in [1.54, 1.807) is 11.7 Å². The Hall–Kier alpha value is -2.42. The van der Waals surface area contributed by atoms with E-state index in [0.717, 1.165) is 38.2 Å². The first-order chi connectivity index (χ1) is 13.7. The minimum atomic E-state index is -0.205. The van der Waals surface area contributed by atoms with Gasteiger partial charge in [0, 0.05) is 19.0 Å². The van der Waals surface area contributed by atoms with Crippen LogP contribution in [-0.2, 0) is 22.0 Å². The second-order valence-electron chi connectivity index (χ2n) is 8.74. The number of hydrogen-bond donors (Lipinski definition) is 2. The number of aryl methyl sites for hydroxylation is 1. The van der Waals surface area contributed by atoms with Crippen molar-refractivity contribution in [1.29, 1.82) is 0 Å². The van der Waals surface area contributed by atoms with Crippen LogP contribution in [0.15, 0.2) is 4.79 Å². The summed E-state index contributed by atoms with van der Waals surface area (Å²) in [5.41, 5.74) is 1.57. The van der Waals surface area contributed by atoms with Gasteiger partial charge in [0.2, 0.25) is 5.95 Å². The monoisotopic (exact) mass is 404 g/mol. The maximum absolute atomic E-state index is 12.6. The van der Waals surface area contributed by atoms with Crippen molar-refractivity contribution in [2.24, 2.45) is 13.0 Å². The number of nitrogens with one attached hydrogen (secondary N) is 2. The van der Waals surface area contributed by atoms with Crippen LogP contribution in [0.2, 0.25) is 0 Å². The van der Waals surface area contributed by atoms with Gasteiger partial charge in [-0.05, 0) is 38.8 Å². The third kappa shape index (κ3) is 4.95. The van der Waals surface area contributed by atoms with Crippen molar-refractivity contribution in [1.82, 2.24) is 24.6 Å². The molecule has 29 heavy (non-hydrogen) atoms. The fourth-order valence-corrected chi connectivity index (χ4v) is 3.75. The normalized spacial score (nSPS) is 16.3. The highest BCUT2D eigenvalue weighted by Gasteiger charge is 2.25. The average Bonchev–Trinajstić information content (AvgIpc) is 2.99. The van der Waals surface area contributed by atoms with Crippen LogP contribution < -0.4 is 10.9 Å². The second kappa shape index (κ2) is 8.52. The quantitative estimate of drug-likeness (QED) is 0.705. The molecule has 160 valence electrons. The van der Waals surface area contributed by atoms with Gasteiger partial charge >= 0.3 is 5.97 Å². The van der Waals surface area contributed by atoms with Crippen LogP contribution in [0.5, 0.6) is 0 Å². The Balaban J connectivity index is 1.63. The zero-order chi connectivity index (χ0) is 21.2. The van der Waals surface area contributed by atoms with Gasteiger partial charge < -0.3 is 10.1 Å². The third-order valence-electron chi connectivity index (χ3n) is 5.33. The van der Waals surface area contributed by atoms with Crippen molar-refractivity contribution in [2.75, 3.05) is 38.1 Å². The largest absolute Gasteiger partial charge is 0.465 e. The van der Waals surface area contributed by atoms with E-state index in [-0.39, 0.29) is 16.9 Å². The molecule has 0 bridgehead atoms. The minimum absolute atomic E-state index is 0.162. The molecule has 1 fully saturated rings. The number of ether oxygens (including phenoxy) is 1. The summed E-state index contributed by atoms with van der Waals surface area (Å²) in [7, 11) is 1.77. The predicted molar refractivity (Wildman–Crippen MR) is 112 cm³/mol. The fraction of sp³-hybridized carbons (Fsp3) is 0.700. The van der Waals surface area contributed by atoms with E-state index in [0.29, 0.717) is 36.1 Å². The Bertz CT molecular complexity index is 919. The zero-order valence-corrected chi connectivity index (χ0v) is 18.0. The molecule has 9 nitrogen and oxygen atoms in total. The minimum Gasteiger partial charge on any atom is -0.465 e. The van der Waals surface area contributed by atoms with Gasteiger partial charge in [0.25, 0.3) is 5.56 Å². The molecule has 0 spiro atoms. The maximum atomic E-state index is 12.6. The number of carbonyl (C=O) groups excluding carboxylic acids is 1. The average molecular weight is 405 g/mol. The van der Waals surface area contributed by atoms with Crippen LogP contribution in [-0.4, -0.2) is 63.4 Å². The van der Waals surface area contributed by atoms with E-state index in [2.05, 4.69) is 46.1 Å². The molecule has 0 aromatic carbocycles. The summed E-state index contributed by atoms with van der Waals surface area (Å²) in [4.78, 5) is 33.8. The highest BCUT2D eigenvalue weighted by molar-refractivity contribution is 5.78. The van der Waals surface area contributed by atoms with Gasteiger partial charge in [0.1, 0.15) is 5.52 Å². The lowest BCUT2D eigenvalue weighted by molar-refractivity contribution is -0.144. The highest BCUT2D eigenvalue weighted by atomic mass is 16.5. The van der Waals surface area contributed by atoms with Gasteiger partial charge in [-0.3, -0.25) is 24.2 Å². The number of hydrogen-bond acceptors (Lipinski definition) is 7. The van der Waals surface area contributed by atoms with Crippen molar-refractivity contribution in [2.45, 2.75) is 46.0 Å². The molecule has 0 aliphatic carbocycles. The van der Waals surface area contributed by atoms with Crippen LogP contribution in [0.25, 0.3) is 11.0 Å². The highest BCUT2D eigenvalue weighted by Crippen LogP contribution is 2.26. The molecule has 2 aromatic heterocycles. The van der Waals surface area contributed by atoms with E-state index >= 15 is 0 Å². The Kier molecular flexibility index (Phi) is 6.26. The summed E-state index contributed by atoms with van der Waals surface area (Å²) in [6.07, 6.45) is 1.97. The lowest BCUT2D eigenvalue weighted by Crippen LogP contribution is -2.39. The molecule has 3 rings (SSSR count). The van der Waals surface area contributed by atoms with Crippen molar-refractivity contribution in [3.05, 3.63) is 16.0 Å². The molecule has 2 N–H and O–H groups in total. The van der Waals surface area contributed by atoms with E-state index in [1.807, 2.05) is 6.92 Å². The standard InChI is InChI=1S/C20H32N6O3/c1-6-29-14(27)12-26-9-7-13(8-10-26)11-21-19-22-15-16(18(28)23-19)25(5)24-17(15)20(2,3)4/h13H,6-12H2,1-5H3,(H2,21,22,23,28). The first-order valence-corrected chi connectivity index (χ1v) is 10.3. The first-order valence-electron chi connectivity index (χ1n) is 10.3. The number of anilines is 1. The second-order valence-corrected chi connectivity index (χ2v) is 8.74. The number of piperidine rings is 1. The molecule has 2 aromatic rings. The lowest BCUT2D eigenvalue weighted by Gasteiger charge is -2.31. The first kappa shape index (κ1) is 21.3. The summed E-state index contributed by atoms with van der Waals surface area (Å²) in [6.45, 7) is 11.3. The van der Waals surface area contributed by atoms with Crippen LogP contribution in [0.3, 0.4) is 0 Å². The van der Waals surface area contributed by atoms with E-state index in [9.17, 15) is 9.59 Å². The number of fused-ring (bicyclic) bond motifs is 1. The van der Waals surface area contributed by atoms with E-state index < -0.39 is 0 Å². The molecule has 0 amide bonds. The molecule has 1 aliphatic heterocycles. The number of aromatic amines is 1. The van der Waals surface area contributed by atoms with E-state index in [4.69, 9.17) is 4.74 Å². The molecule has 0 atom stereocenters. The van der Waals surface area contributed by atoms with Crippen molar-refractivity contribution < 1.29 is 9.53 Å². The molecular weight excluding hydrogens is 372 g/mol. The summed E-state index contributed by atoms with van der Waals surface area (Å²) >= 11 is 0. The van der Waals surface area contributed by atoms with Gasteiger partial charge in [0.15, 0.2) is 5.52 Å². The SMILES string of the molecule is CCOC(=O)CN1CCC(CNc2nc3c(C(C)(C)C)nn(C)c3c(=O)[nH]2)CC1. The number of rotatable bonds is 6. The number of carbonyl (C=O) groups is 1. The fourth-order valence-electron chi connectivity index (χ4n) is 3.75. The van der Waals surface area contributed by atoms with Gasteiger partial charge in [-0.1, -0.05) is 20.8 Å². The smallest absolute Gasteiger partial charge is 0.320 e. The summed E-state index contributed by atoms with van der Waals surface area (Å²) in [6, 6.07) is 0. The third-order valence-corrected chi connectivity index (χ3v) is 5.33. The van der Waals surface area contributed by atoms with Gasteiger partial charge in [-0.2, -0.15) is 5.10 Å². The summed E-state index contributed by atoms with van der Waals surface area (Å²) in [5, 5.41) is 7.82. The van der Waals surface area contributed by atoms with Crippen LogP contribution in [0.4, 0.5) is 5.95 Å². The zero-order valence-electron chi connectivity index (χ0n) is 18.0. The molecule has 1 aliphatic rings. The van der Waals surface area contributed by atoms with Gasteiger partial charge in [-0.15, -0.1) is 0 Å². The number of aromatic nitrogens is 4. The molecule has 0 unspecified atom stereocenters. The Morgan fingerprint density at radius 2 is 2.00 bits per heavy atom. The summed E-state index contributed by atoms with van der Waals surface area (Å²) < 4.78 is 6.62. The molecule has 1 saturated heterocycles. The van der Waals surface area contributed by atoms with Crippen LogP contribution in [0, 0.1) is 5.92 Å². The number of nitrogens with zero attached hydrogens (tertiary/aromatic N) is 4. The van der Waals surface area contributed by atoms with Crippen molar-refractivity contribution in [3.63, 3.8) is 0 Å². The van der Waals surface area contributed by atoms with E-state index in [1.165, 1.54) is 0 Å². The Morgan fingerprint density at radius 1 is 1.31 bits per heavy atom. The van der Waals surface area contributed by atoms with Gasteiger partial charge in [0.05, 0.1) is 18.8 Å². The predicted octanol–water partition coefficient (Wildman–Crippen LogP) is 1.64. The number of H-pyrrole nitrogens is 1.